The van der Waals surface area contributed by atoms with E-state index in [0.717, 1.165) is 0 Å². The molecular weight excluding hydrogens is 1920 g/mol. The second kappa shape index (κ2) is 39.8. The van der Waals surface area contributed by atoms with Crippen molar-refractivity contribution in [3.8, 4) is 69.0 Å². The van der Waals surface area contributed by atoms with Crippen LogP contribution < -0.4 is 48.6 Å². The highest BCUT2D eigenvalue weighted by Crippen LogP contribution is 2.50. The molecule has 12 heterocycles. The minimum atomic E-state index is -1.86. The van der Waals surface area contributed by atoms with Gasteiger partial charge in [-0.3, -0.25) is 57.4 Å². The van der Waals surface area contributed by atoms with Crippen LogP contribution in [0.5, 0.6) is 0 Å². The lowest BCUT2D eigenvalue weighted by atomic mass is 10.0. The van der Waals surface area contributed by atoms with E-state index < -0.39 is 100.0 Å². The summed E-state index contributed by atoms with van der Waals surface area (Å²) < 4.78 is 106. The van der Waals surface area contributed by atoms with Crippen LogP contribution in [-0.2, 0) is 14.4 Å². The number of nitrogens with two attached hydrogens (primary N) is 3. The van der Waals surface area contributed by atoms with Crippen molar-refractivity contribution in [3.05, 3.63) is 255 Å². The Morgan fingerprint density at radius 3 is 0.874 bits per heavy atom. The number of hydrogen-bond acceptors (Lipinski definition) is 21. The monoisotopic (exact) mass is 2000 g/mol. The second-order valence-electron chi connectivity index (χ2n) is 32.2. The molecule has 3 amide bonds. The summed E-state index contributed by atoms with van der Waals surface area (Å²) in [6, 6.07) is 15.6. The number of halogens is 15. The molecular formula is C93H78Cl8F7N21O6. The van der Waals surface area contributed by atoms with Gasteiger partial charge in [0.05, 0.1) is 126 Å². The first kappa shape index (κ1) is 99.4. The number of aromatic nitrogens is 9. The van der Waals surface area contributed by atoms with Gasteiger partial charge in [0, 0.05) is 130 Å². The van der Waals surface area contributed by atoms with Crippen molar-refractivity contribution < 1.29 is 45.1 Å². The summed E-state index contributed by atoms with van der Waals surface area (Å²) >= 11 is 51.1. The number of carbonyl (C=O) groups is 3. The number of aryl methyl sites for hydroxylation is 3. The molecule has 696 valence electrons. The van der Waals surface area contributed by atoms with Crippen molar-refractivity contribution in [2.75, 3.05) is 110 Å². The maximum Gasteiger partial charge on any atom is 0.276 e. The van der Waals surface area contributed by atoms with Crippen LogP contribution in [0.25, 0.3) is 83.9 Å². The Balaban J connectivity index is 0.000000171. The first-order valence-electron chi connectivity index (χ1n) is 41.3. The molecule has 6 N–H and O–H groups in total. The third kappa shape index (κ3) is 17.7. The molecule has 0 aliphatic carbocycles. The quantitative estimate of drug-likeness (QED) is 0.0282. The van der Waals surface area contributed by atoms with Gasteiger partial charge in [0.2, 0.25) is 17.7 Å². The minimum absolute atomic E-state index is 0.00306. The Bertz CT molecular complexity index is 6650. The molecule has 0 atom stereocenters. The van der Waals surface area contributed by atoms with Crippen molar-refractivity contribution in [1.29, 1.82) is 15.8 Å². The molecule has 135 heavy (non-hydrogen) atoms. The molecule has 0 bridgehead atoms. The number of rotatable bonds is 15. The molecule has 3 aliphatic rings. The van der Waals surface area contributed by atoms with Crippen LogP contribution in [0.1, 0.15) is 110 Å². The van der Waals surface area contributed by atoms with Crippen LogP contribution in [0, 0.1) is 95.5 Å². The van der Waals surface area contributed by atoms with E-state index in [4.69, 9.17) is 115 Å². The molecule has 12 aromatic rings. The van der Waals surface area contributed by atoms with E-state index >= 15 is 4.39 Å². The van der Waals surface area contributed by atoms with Crippen LogP contribution >= 0.6 is 92.8 Å². The number of hydrogen-bond donors (Lipinski definition) is 3. The minimum Gasteiger partial charge on any atom is -0.397 e. The number of nitriles is 3. The predicted molar refractivity (Wildman–Crippen MR) is 512 cm³/mol. The Morgan fingerprint density at radius 2 is 0.630 bits per heavy atom. The topological polar surface area (TPSA) is 363 Å². The van der Waals surface area contributed by atoms with Crippen molar-refractivity contribution in [1.82, 2.24) is 58.3 Å². The Morgan fingerprint density at radius 1 is 0.378 bits per heavy atom. The number of nitrogen functional groups attached to an aromatic ring is 3. The molecule has 3 fully saturated rings. The molecule has 42 heteroatoms. The fourth-order valence-electron chi connectivity index (χ4n) is 16.6. The zero-order valence-electron chi connectivity index (χ0n) is 73.2. The van der Waals surface area contributed by atoms with Crippen molar-refractivity contribution in [2.24, 2.45) is 0 Å². The van der Waals surface area contributed by atoms with Gasteiger partial charge in [0.1, 0.15) is 51.8 Å². The average molecular weight is 2000 g/mol. The van der Waals surface area contributed by atoms with Crippen molar-refractivity contribution in [3.63, 3.8) is 0 Å². The highest BCUT2D eigenvalue weighted by molar-refractivity contribution is 6.47. The molecule has 27 nitrogen and oxygen atoms in total. The van der Waals surface area contributed by atoms with Gasteiger partial charge in [-0.15, -0.1) is 0 Å². The maximum absolute atomic E-state index is 15.1. The van der Waals surface area contributed by atoms with Crippen molar-refractivity contribution in [2.45, 2.75) is 80.1 Å². The van der Waals surface area contributed by atoms with Gasteiger partial charge < -0.3 is 46.6 Å². The number of carbonyl (C=O) groups excluding carboxylic acids is 3. The largest absolute Gasteiger partial charge is 0.397 e. The summed E-state index contributed by atoms with van der Waals surface area (Å²) in [5.74, 6) is -12.7. The van der Waals surface area contributed by atoms with Crippen molar-refractivity contribution >= 4 is 178 Å². The van der Waals surface area contributed by atoms with Crippen LogP contribution in [0.15, 0.2) is 107 Å². The van der Waals surface area contributed by atoms with Crippen LogP contribution in [0.2, 0.25) is 40.2 Å². The smallest absolute Gasteiger partial charge is 0.276 e. The standard InChI is InChI=1S/C31H26Cl4FN7O2.2C31H26Cl2F3N7O2/c1-5-19(44)41-8-10-42(11-9-41)29-16-12-18(32)27(20-21(33)24(36)22(34)23(35)25(20)38)40-30(16)43(31(45)17(29)13-37)28-15(4)6-7-39-26(28)14(2)3;2*1-5-19(44)41-8-10-42(11-9-41)29-16-12-18(32)27(20-21(33)22(34)23(35)24(36)25(20)38)40-30(16)43(31(45)17(29)13-37)28-15(4)6-7-39-26(28)14(2)3/h3*5-7,12,14H,1,8-11,38H2,2-4H3. The first-order chi connectivity index (χ1) is 64.0. The summed E-state index contributed by atoms with van der Waals surface area (Å²) in [5, 5.41) is 28.7. The molecule has 0 saturated carbocycles. The molecule has 0 spiro atoms. The number of fused-ring (bicyclic) bond motifs is 3. The molecule has 3 aromatic carbocycles. The molecule has 3 aliphatic heterocycles. The van der Waals surface area contributed by atoms with E-state index in [0.29, 0.717) is 88.1 Å². The first-order valence-corrected chi connectivity index (χ1v) is 44.3. The third-order valence-corrected chi connectivity index (χ3v) is 26.0. The third-order valence-electron chi connectivity index (χ3n) is 23.2. The molecule has 0 radical (unpaired) electrons. The van der Waals surface area contributed by atoms with E-state index in [9.17, 15) is 70.9 Å². The van der Waals surface area contributed by atoms with E-state index in [1.807, 2.05) is 65.5 Å². The van der Waals surface area contributed by atoms with Gasteiger partial charge in [-0.05, 0) is 110 Å². The fraction of sp³-hybridized carbons (Fsp3) is 0.258. The summed E-state index contributed by atoms with van der Waals surface area (Å²) in [7, 11) is 0. The highest BCUT2D eigenvalue weighted by atomic mass is 35.5. The fourth-order valence-corrected chi connectivity index (χ4v) is 18.6. The molecule has 9 aromatic heterocycles. The van der Waals surface area contributed by atoms with E-state index in [1.54, 1.807) is 75.1 Å². The maximum atomic E-state index is 15.1. The van der Waals surface area contributed by atoms with E-state index in [-0.39, 0.29) is 192 Å². The number of amides is 3. The lowest BCUT2D eigenvalue weighted by Crippen LogP contribution is -2.49. The van der Waals surface area contributed by atoms with Crippen LogP contribution in [0.3, 0.4) is 0 Å². The predicted octanol–water partition coefficient (Wildman–Crippen LogP) is 18.7. The number of anilines is 6. The number of benzene rings is 3. The SMILES string of the molecule is C=CC(=O)N1CCN(c2c(C#N)c(=O)n(-c3c(C)ccnc3C(C)C)c3nc(-c4c(N)c(Cl)c(Cl)c(F)c4Cl)c(Cl)cc23)CC1.C=CC(=O)N1CCN(c2c(C#N)c(=O)n(-c3c(C)ccnc3C(C)C)c3nc(-c4c(N)c(F)c(F)c(F)c4Cl)c(Cl)cc23)CC1.C=CC(=O)N1CCN(c2c(C#N)c(=O)n(-c3c(C)ccnc3C(C)C)c3nc(-c4c(N)c(F)c(F)c(F)c4Cl)c(Cl)cc23)CC1. The Kier molecular flexibility index (Phi) is 29.3. The molecule has 15 rings (SSSR count). The molecule has 0 unspecified atom stereocenters. The highest BCUT2D eigenvalue weighted by Gasteiger charge is 2.38. The molecule has 3 saturated heterocycles. The van der Waals surface area contributed by atoms with E-state index in [1.165, 1.54) is 50.1 Å². The zero-order valence-corrected chi connectivity index (χ0v) is 79.2. The van der Waals surface area contributed by atoms with Crippen LogP contribution in [0.4, 0.5) is 64.9 Å². The number of piperazine rings is 3. The van der Waals surface area contributed by atoms with Gasteiger partial charge in [-0.25, -0.2) is 45.7 Å². The van der Waals surface area contributed by atoms with Gasteiger partial charge in [-0.2, -0.15) is 15.8 Å². The zero-order chi connectivity index (χ0) is 98.7. The summed E-state index contributed by atoms with van der Waals surface area (Å²) in [5.41, 5.74) is 17.1. The summed E-state index contributed by atoms with van der Waals surface area (Å²) in [4.78, 5) is 118. The summed E-state index contributed by atoms with van der Waals surface area (Å²) in [6.07, 6.45) is 8.47. The Hall–Kier alpha value is -13.1. The van der Waals surface area contributed by atoms with Gasteiger partial charge >= 0.3 is 0 Å². The number of nitrogens with zero attached hydrogens (tertiary/aromatic N) is 18. The lowest BCUT2D eigenvalue weighted by molar-refractivity contribution is -0.127. The Labute approximate surface area is 806 Å². The van der Waals surface area contributed by atoms with Gasteiger partial charge in [0.15, 0.2) is 40.7 Å². The number of pyridine rings is 9. The normalized spacial score (nSPS) is 13.4. The summed E-state index contributed by atoms with van der Waals surface area (Å²) in [6.45, 7) is 30.7. The van der Waals surface area contributed by atoms with Gasteiger partial charge in [0.25, 0.3) is 16.7 Å². The lowest BCUT2D eigenvalue weighted by Gasteiger charge is -2.36. The van der Waals surface area contributed by atoms with Crippen LogP contribution in [-0.4, -0.2) is 155 Å². The van der Waals surface area contributed by atoms with E-state index in [2.05, 4.69) is 50.7 Å². The average Bonchev–Trinajstić information content (AvgIpc) is 0.728. The van der Waals surface area contributed by atoms with Gasteiger partial charge in [-0.1, -0.05) is 154 Å². The second-order valence-corrected chi connectivity index (χ2v) is 35.3.